The van der Waals surface area contributed by atoms with Crippen LogP contribution in [0.4, 0.5) is 0 Å². The van der Waals surface area contributed by atoms with Crippen LogP contribution < -0.4 is 4.74 Å². The lowest BCUT2D eigenvalue weighted by atomic mass is 9.89. The third-order valence-corrected chi connectivity index (χ3v) is 4.43. The zero-order valence-electron chi connectivity index (χ0n) is 14.4. The van der Waals surface area contributed by atoms with Crippen molar-refractivity contribution in [3.05, 3.63) is 53.3 Å². The van der Waals surface area contributed by atoms with Crippen LogP contribution in [0.5, 0.6) is 5.75 Å². The molecule has 0 N–H and O–H groups in total. The van der Waals surface area contributed by atoms with E-state index in [1.807, 2.05) is 24.3 Å². The van der Waals surface area contributed by atoms with E-state index in [0.717, 1.165) is 11.3 Å². The van der Waals surface area contributed by atoms with E-state index >= 15 is 0 Å². The molecule has 1 fully saturated rings. The van der Waals surface area contributed by atoms with Gasteiger partial charge in [0.15, 0.2) is 11.5 Å². The van der Waals surface area contributed by atoms with Gasteiger partial charge in [0, 0.05) is 24.7 Å². The van der Waals surface area contributed by atoms with Gasteiger partial charge in [-0.1, -0.05) is 12.1 Å². The molecule has 0 amide bonds. The van der Waals surface area contributed by atoms with E-state index < -0.39 is 0 Å². The quantitative estimate of drug-likeness (QED) is 0.758. The minimum Gasteiger partial charge on any atom is -0.497 e. The first-order valence-electron chi connectivity index (χ1n) is 8.15. The van der Waals surface area contributed by atoms with Crippen molar-refractivity contribution < 1.29 is 23.8 Å². The number of morpholine rings is 1. The van der Waals surface area contributed by atoms with Crippen LogP contribution in [0.3, 0.4) is 0 Å². The Kier molecular flexibility index (Phi) is 5.31. The Labute approximate surface area is 146 Å². The molecular weight excluding hydrogens is 322 g/mol. The van der Waals surface area contributed by atoms with E-state index in [1.54, 1.807) is 7.11 Å². The number of benzene rings is 1. The first-order valence-corrected chi connectivity index (χ1v) is 8.15. The molecule has 1 heterocycles. The number of ether oxygens (including phenoxy) is 3. The van der Waals surface area contributed by atoms with Crippen molar-refractivity contribution >= 4 is 11.6 Å². The molecule has 132 valence electrons. The van der Waals surface area contributed by atoms with Crippen molar-refractivity contribution in [1.29, 1.82) is 0 Å². The Morgan fingerprint density at radius 3 is 2.24 bits per heavy atom. The predicted octanol–water partition coefficient (Wildman–Crippen LogP) is 1.68. The Balaban J connectivity index is 1.98. The van der Waals surface area contributed by atoms with Crippen LogP contribution in [0.2, 0.25) is 0 Å². The van der Waals surface area contributed by atoms with Gasteiger partial charge in [0.2, 0.25) is 5.78 Å². The van der Waals surface area contributed by atoms with Gasteiger partial charge < -0.3 is 14.2 Å². The van der Waals surface area contributed by atoms with Gasteiger partial charge in [-0.25, -0.2) is 0 Å². The Morgan fingerprint density at radius 1 is 0.960 bits per heavy atom. The van der Waals surface area contributed by atoms with Crippen LogP contribution in [-0.2, 0) is 19.1 Å². The maximum absolute atomic E-state index is 12.6. The van der Waals surface area contributed by atoms with Crippen LogP contribution in [0.15, 0.2) is 47.7 Å². The van der Waals surface area contributed by atoms with Crippen LogP contribution >= 0.6 is 0 Å². The second-order valence-electron chi connectivity index (χ2n) is 5.86. The molecular formula is C19H21NO5. The molecule has 3 rings (SSSR count). The number of hydrogen-bond acceptors (Lipinski definition) is 6. The maximum atomic E-state index is 12.6. The van der Waals surface area contributed by atoms with E-state index in [4.69, 9.17) is 14.2 Å². The molecule has 25 heavy (non-hydrogen) atoms. The minimum atomic E-state index is -0.305. The molecule has 0 aromatic heterocycles. The molecule has 1 saturated heterocycles. The number of methoxy groups -OCH3 is 2. The van der Waals surface area contributed by atoms with Gasteiger partial charge >= 0.3 is 0 Å². The first kappa shape index (κ1) is 17.4. The number of rotatable bonds is 5. The molecule has 0 saturated carbocycles. The maximum Gasteiger partial charge on any atom is 0.220 e. The zero-order valence-corrected chi connectivity index (χ0v) is 14.4. The summed E-state index contributed by atoms with van der Waals surface area (Å²) in [5.41, 5.74) is 1.39. The molecule has 1 aliphatic carbocycles. The first-order chi connectivity index (χ1) is 12.1. The molecule has 6 heteroatoms. The highest BCUT2D eigenvalue weighted by Gasteiger charge is 2.32. The normalized spacial score (nSPS) is 19.9. The average Bonchev–Trinajstić information content (AvgIpc) is 2.66. The fraction of sp³-hybridized carbons (Fsp3) is 0.368. The fourth-order valence-electron chi connectivity index (χ4n) is 3.14. The fourth-order valence-corrected chi connectivity index (χ4v) is 3.14. The van der Waals surface area contributed by atoms with Crippen LogP contribution in [-0.4, -0.2) is 57.0 Å². The van der Waals surface area contributed by atoms with Crippen LogP contribution in [0.25, 0.3) is 0 Å². The average molecular weight is 343 g/mol. The van der Waals surface area contributed by atoms with Crippen LogP contribution in [0, 0.1) is 0 Å². The molecule has 0 unspecified atom stereocenters. The molecule has 6 nitrogen and oxygen atoms in total. The second kappa shape index (κ2) is 7.63. The van der Waals surface area contributed by atoms with E-state index in [2.05, 4.69) is 4.90 Å². The second-order valence-corrected chi connectivity index (χ2v) is 5.86. The highest BCUT2D eigenvalue weighted by Crippen LogP contribution is 2.33. The van der Waals surface area contributed by atoms with Gasteiger partial charge in [-0.3, -0.25) is 14.5 Å². The Hall–Kier alpha value is -2.44. The van der Waals surface area contributed by atoms with Gasteiger partial charge in [-0.05, 0) is 23.8 Å². The monoisotopic (exact) mass is 343 g/mol. The van der Waals surface area contributed by atoms with E-state index in [9.17, 15) is 9.59 Å². The van der Waals surface area contributed by atoms with Gasteiger partial charge in [0.05, 0.1) is 33.5 Å². The molecule has 1 aromatic carbocycles. The molecule has 0 radical (unpaired) electrons. The van der Waals surface area contributed by atoms with Crippen LogP contribution in [0.1, 0.15) is 11.6 Å². The summed E-state index contributed by atoms with van der Waals surface area (Å²) >= 11 is 0. The molecule has 1 atom stereocenters. The summed E-state index contributed by atoms with van der Waals surface area (Å²) < 4.78 is 15.6. The summed E-state index contributed by atoms with van der Waals surface area (Å²) in [5.74, 6) is 0.322. The largest absolute Gasteiger partial charge is 0.497 e. The smallest absolute Gasteiger partial charge is 0.220 e. The lowest BCUT2D eigenvalue weighted by Gasteiger charge is -2.36. The number of carbonyl (C=O) groups excluding carboxylic acids is 2. The number of nitrogens with zero attached hydrogens (tertiary/aromatic N) is 1. The molecule has 1 aromatic rings. The molecule has 1 aliphatic heterocycles. The van der Waals surface area contributed by atoms with Gasteiger partial charge in [-0.15, -0.1) is 0 Å². The molecule has 2 aliphatic rings. The zero-order chi connectivity index (χ0) is 17.8. The number of allylic oxidation sites excluding steroid dienone is 2. The number of ketones is 2. The van der Waals surface area contributed by atoms with Gasteiger partial charge in [0.1, 0.15) is 5.75 Å². The summed E-state index contributed by atoms with van der Waals surface area (Å²) in [5, 5.41) is 0. The van der Waals surface area contributed by atoms with Crippen molar-refractivity contribution in [2.45, 2.75) is 6.04 Å². The van der Waals surface area contributed by atoms with E-state index in [1.165, 1.54) is 19.3 Å². The summed E-state index contributed by atoms with van der Waals surface area (Å²) in [7, 11) is 3.00. The van der Waals surface area contributed by atoms with E-state index in [-0.39, 0.29) is 23.4 Å². The lowest BCUT2D eigenvalue weighted by Crippen LogP contribution is -2.41. The van der Waals surface area contributed by atoms with Crippen molar-refractivity contribution in [1.82, 2.24) is 4.90 Å². The highest BCUT2D eigenvalue weighted by atomic mass is 16.5. The Morgan fingerprint density at radius 2 is 1.64 bits per heavy atom. The van der Waals surface area contributed by atoms with E-state index in [0.29, 0.717) is 31.9 Å². The summed E-state index contributed by atoms with van der Waals surface area (Å²) in [6, 6.07) is 7.25. The summed E-state index contributed by atoms with van der Waals surface area (Å²) in [4.78, 5) is 27.0. The SMILES string of the molecule is COC1=CC(=O)C([C@H](c2ccc(OC)cc2)N2CCOCC2)=CC1=O. The van der Waals surface area contributed by atoms with Crippen molar-refractivity contribution in [2.24, 2.45) is 0 Å². The standard InChI is InChI=1S/C19H21NO5/c1-23-14-5-3-13(4-6-14)19(20-7-9-25-10-8-20)15-11-17(22)18(24-2)12-16(15)21/h3-6,11-12,19H,7-10H2,1-2H3/t19-/m0/s1. The summed E-state index contributed by atoms with van der Waals surface area (Å²) in [6.45, 7) is 2.58. The molecule has 0 bridgehead atoms. The Bertz CT molecular complexity index is 714. The topological polar surface area (TPSA) is 65.1 Å². The summed E-state index contributed by atoms with van der Waals surface area (Å²) in [6.07, 6.45) is 2.67. The third-order valence-electron chi connectivity index (χ3n) is 4.43. The van der Waals surface area contributed by atoms with Crippen molar-refractivity contribution in [3.63, 3.8) is 0 Å². The lowest BCUT2D eigenvalue weighted by molar-refractivity contribution is -0.117. The van der Waals surface area contributed by atoms with Gasteiger partial charge in [0.25, 0.3) is 0 Å². The van der Waals surface area contributed by atoms with Crippen molar-refractivity contribution in [3.8, 4) is 5.75 Å². The van der Waals surface area contributed by atoms with Crippen molar-refractivity contribution in [2.75, 3.05) is 40.5 Å². The highest BCUT2D eigenvalue weighted by molar-refractivity contribution is 6.19. The minimum absolute atomic E-state index is 0.0733. The number of hydrogen-bond donors (Lipinski definition) is 0. The molecule has 0 spiro atoms. The van der Waals surface area contributed by atoms with Gasteiger partial charge in [-0.2, -0.15) is 0 Å². The third kappa shape index (κ3) is 3.65. The number of carbonyl (C=O) groups is 2. The predicted molar refractivity (Wildman–Crippen MR) is 91.3 cm³/mol.